The van der Waals surface area contributed by atoms with Crippen LogP contribution in [0.4, 0.5) is 0 Å². The van der Waals surface area contributed by atoms with Crippen LogP contribution in [-0.4, -0.2) is 80.2 Å². The van der Waals surface area contributed by atoms with Crippen molar-refractivity contribution in [2.45, 2.75) is 25.1 Å². The van der Waals surface area contributed by atoms with Gasteiger partial charge in [0, 0.05) is 19.7 Å². The number of ether oxygens (including phenoxy) is 3. The number of carboxylic acid groups (broad SMARTS) is 1. The number of carbonyl (C=O) groups is 2. The van der Waals surface area contributed by atoms with Gasteiger partial charge in [0.2, 0.25) is 0 Å². The minimum Gasteiger partial charge on any atom is -0.480 e. The lowest BCUT2D eigenvalue weighted by Gasteiger charge is -2.31. The molecule has 1 amide bonds. The van der Waals surface area contributed by atoms with Crippen molar-refractivity contribution in [3.63, 3.8) is 0 Å². The molecule has 9 nitrogen and oxygen atoms in total. The molecule has 2 aliphatic heterocycles. The monoisotopic (exact) mass is 368 g/mol. The lowest BCUT2D eigenvalue weighted by molar-refractivity contribution is -0.147. The minimum atomic E-state index is -1.04. The standard InChI is InChI=1S/C17H24N2O7/c20-16(21)11-26-15-1-4-24-10-14(15)18-17(22)12-7-13(25-9-12)8-19-2-5-23-6-3-19/h7,9,14-15H,1-6,8,10-11H2,(H,18,22)(H,20,21)/t14-,15+/m0/s1. The average molecular weight is 368 g/mol. The number of hydrogen-bond acceptors (Lipinski definition) is 7. The Morgan fingerprint density at radius 2 is 2.08 bits per heavy atom. The van der Waals surface area contributed by atoms with Crippen LogP contribution >= 0.6 is 0 Å². The number of carboxylic acids is 1. The Morgan fingerprint density at radius 1 is 1.27 bits per heavy atom. The Bertz CT molecular complexity index is 612. The molecule has 2 atom stereocenters. The van der Waals surface area contributed by atoms with Gasteiger partial charge in [0.05, 0.1) is 44.1 Å². The minimum absolute atomic E-state index is 0.286. The third-order valence-electron chi connectivity index (χ3n) is 4.43. The van der Waals surface area contributed by atoms with Crippen LogP contribution < -0.4 is 5.32 Å². The molecule has 2 saturated heterocycles. The van der Waals surface area contributed by atoms with E-state index in [9.17, 15) is 9.59 Å². The smallest absolute Gasteiger partial charge is 0.329 e. The van der Waals surface area contributed by atoms with Crippen LogP contribution in [0.2, 0.25) is 0 Å². The van der Waals surface area contributed by atoms with E-state index in [0.29, 0.717) is 38.3 Å². The number of amides is 1. The number of nitrogens with zero attached hydrogens (tertiary/aromatic N) is 1. The van der Waals surface area contributed by atoms with Gasteiger partial charge in [0.15, 0.2) is 0 Å². The van der Waals surface area contributed by atoms with Gasteiger partial charge in [0.1, 0.15) is 18.6 Å². The third-order valence-corrected chi connectivity index (χ3v) is 4.43. The fraction of sp³-hybridized carbons (Fsp3) is 0.647. The maximum absolute atomic E-state index is 12.5. The highest BCUT2D eigenvalue weighted by atomic mass is 16.5. The van der Waals surface area contributed by atoms with Gasteiger partial charge < -0.3 is 29.1 Å². The number of hydrogen-bond donors (Lipinski definition) is 2. The predicted molar refractivity (Wildman–Crippen MR) is 88.9 cm³/mol. The van der Waals surface area contributed by atoms with Crippen molar-refractivity contribution in [1.29, 1.82) is 0 Å². The number of rotatable bonds is 7. The first-order valence-electron chi connectivity index (χ1n) is 8.71. The Morgan fingerprint density at radius 3 is 2.85 bits per heavy atom. The van der Waals surface area contributed by atoms with E-state index >= 15 is 0 Å². The summed E-state index contributed by atoms with van der Waals surface area (Å²) in [6.07, 6.45) is 1.58. The Kier molecular flexibility index (Phi) is 6.62. The van der Waals surface area contributed by atoms with E-state index in [-0.39, 0.29) is 18.6 Å². The fourth-order valence-electron chi connectivity index (χ4n) is 3.04. The molecule has 0 radical (unpaired) electrons. The molecule has 3 rings (SSSR count). The Labute approximate surface area is 151 Å². The summed E-state index contributed by atoms with van der Waals surface area (Å²) in [4.78, 5) is 25.4. The fourth-order valence-corrected chi connectivity index (χ4v) is 3.04. The molecule has 0 spiro atoms. The summed E-state index contributed by atoms with van der Waals surface area (Å²) in [6.45, 7) is 4.08. The summed E-state index contributed by atoms with van der Waals surface area (Å²) in [6, 6.07) is 1.33. The summed E-state index contributed by atoms with van der Waals surface area (Å²) in [5.41, 5.74) is 0.427. The molecule has 0 unspecified atom stereocenters. The van der Waals surface area contributed by atoms with Gasteiger partial charge >= 0.3 is 5.97 Å². The molecular weight excluding hydrogens is 344 g/mol. The van der Waals surface area contributed by atoms with Crippen LogP contribution in [0, 0.1) is 0 Å². The third kappa shape index (κ3) is 5.28. The summed E-state index contributed by atoms with van der Waals surface area (Å²) in [5.74, 6) is -0.610. The molecule has 0 saturated carbocycles. The van der Waals surface area contributed by atoms with E-state index in [0.717, 1.165) is 18.8 Å². The molecule has 0 aliphatic carbocycles. The second kappa shape index (κ2) is 9.13. The lowest BCUT2D eigenvalue weighted by atomic mass is 10.1. The summed E-state index contributed by atoms with van der Waals surface area (Å²) in [5, 5.41) is 11.6. The number of carbonyl (C=O) groups excluding carboxylic acids is 1. The molecular formula is C17H24N2O7. The van der Waals surface area contributed by atoms with E-state index in [1.54, 1.807) is 6.07 Å². The number of furan rings is 1. The second-order valence-electron chi connectivity index (χ2n) is 6.38. The Balaban J connectivity index is 1.53. The summed E-state index contributed by atoms with van der Waals surface area (Å²) in [7, 11) is 0. The van der Waals surface area contributed by atoms with Crippen molar-refractivity contribution in [2.75, 3.05) is 46.1 Å². The van der Waals surface area contributed by atoms with Crippen LogP contribution in [0.3, 0.4) is 0 Å². The SMILES string of the molecule is O=C(O)CO[C@@H]1CCOC[C@@H]1NC(=O)c1coc(CN2CCOCC2)c1. The number of morpholine rings is 1. The molecule has 3 heterocycles. The van der Waals surface area contributed by atoms with Gasteiger partial charge in [0.25, 0.3) is 5.91 Å². The molecule has 9 heteroatoms. The maximum Gasteiger partial charge on any atom is 0.329 e. The largest absolute Gasteiger partial charge is 0.480 e. The van der Waals surface area contributed by atoms with Gasteiger partial charge in [-0.25, -0.2) is 4.79 Å². The van der Waals surface area contributed by atoms with Crippen molar-refractivity contribution in [3.05, 3.63) is 23.7 Å². The van der Waals surface area contributed by atoms with E-state index in [2.05, 4.69) is 10.2 Å². The number of nitrogens with one attached hydrogen (secondary N) is 1. The van der Waals surface area contributed by atoms with Gasteiger partial charge in [-0.1, -0.05) is 0 Å². The highest BCUT2D eigenvalue weighted by molar-refractivity contribution is 5.94. The van der Waals surface area contributed by atoms with Gasteiger partial charge in [-0.3, -0.25) is 9.69 Å². The molecule has 1 aromatic heterocycles. The first-order chi connectivity index (χ1) is 12.6. The number of aliphatic carboxylic acids is 1. The van der Waals surface area contributed by atoms with Crippen LogP contribution in [0.1, 0.15) is 22.5 Å². The van der Waals surface area contributed by atoms with E-state index in [1.807, 2.05) is 0 Å². The van der Waals surface area contributed by atoms with Gasteiger partial charge in [-0.2, -0.15) is 0 Å². The molecule has 26 heavy (non-hydrogen) atoms. The van der Waals surface area contributed by atoms with Gasteiger partial charge in [-0.15, -0.1) is 0 Å². The van der Waals surface area contributed by atoms with Crippen LogP contribution in [0.25, 0.3) is 0 Å². The normalized spacial score (nSPS) is 24.3. The molecule has 0 aromatic carbocycles. The van der Waals surface area contributed by atoms with Crippen molar-refractivity contribution >= 4 is 11.9 Å². The zero-order valence-electron chi connectivity index (χ0n) is 14.5. The predicted octanol–water partition coefficient (Wildman–Crippen LogP) is 0.100. The lowest BCUT2D eigenvalue weighted by Crippen LogP contribution is -2.50. The average Bonchev–Trinajstić information content (AvgIpc) is 3.10. The van der Waals surface area contributed by atoms with E-state index in [4.69, 9.17) is 23.7 Å². The van der Waals surface area contributed by atoms with Crippen molar-refractivity contribution < 1.29 is 33.3 Å². The molecule has 1 aromatic rings. The van der Waals surface area contributed by atoms with Crippen LogP contribution in [0.5, 0.6) is 0 Å². The van der Waals surface area contributed by atoms with Crippen LogP contribution in [-0.2, 0) is 25.5 Å². The molecule has 0 bridgehead atoms. The highest BCUT2D eigenvalue weighted by Gasteiger charge is 2.29. The van der Waals surface area contributed by atoms with Crippen molar-refractivity contribution in [3.8, 4) is 0 Å². The summed E-state index contributed by atoms with van der Waals surface area (Å²) < 4.78 is 21.6. The first kappa shape index (κ1) is 18.8. The zero-order chi connectivity index (χ0) is 18.4. The molecule has 2 aliphatic rings. The quantitative estimate of drug-likeness (QED) is 0.697. The van der Waals surface area contributed by atoms with Crippen molar-refractivity contribution in [1.82, 2.24) is 10.2 Å². The highest BCUT2D eigenvalue weighted by Crippen LogP contribution is 2.15. The van der Waals surface area contributed by atoms with Crippen LogP contribution in [0.15, 0.2) is 16.7 Å². The Hall–Kier alpha value is -1.94. The van der Waals surface area contributed by atoms with E-state index < -0.39 is 18.6 Å². The summed E-state index contributed by atoms with van der Waals surface area (Å²) >= 11 is 0. The topological polar surface area (TPSA) is 110 Å². The molecule has 144 valence electrons. The van der Waals surface area contributed by atoms with E-state index in [1.165, 1.54) is 6.26 Å². The maximum atomic E-state index is 12.5. The molecule has 2 fully saturated rings. The zero-order valence-corrected chi connectivity index (χ0v) is 14.5. The van der Waals surface area contributed by atoms with Gasteiger partial charge in [-0.05, 0) is 12.5 Å². The first-order valence-corrected chi connectivity index (χ1v) is 8.71. The molecule has 2 N–H and O–H groups in total. The second-order valence-corrected chi connectivity index (χ2v) is 6.38. The van der Waals surface area contributed by atoms with Crippen molar-refractivity contribution in [2.24, 2.45) is 0 Å².